The Bertz CT molecular complexity index is 495. The molecule has 1 atom stereocenters. The Balaban J connectivity index is 1.92. The fourth-order valence-corrected chi connectivity index (χ4v) is 2.81. The van der Waals surface area contributed by atoms with Crippen LogP contribution < -0.4 is 5.32 Å². The molecule has 2 amide bonds. The molecule has 1 aromatic rings. The fraction of sp³-hybridized carbons (Fsp3) is 0.385. The number of rotatable bonds is 4. The number of nitrogens with zero attached hydrogens (tertiary/aromatic N) is 1. The van der Waals surface area contributed by atoms with E-state index in [0.717, 1.165) is 0 Å². The van der Waals surface area contributed by atoms with Gasteiger partial charge in [-0.3, -0.25) is 9.59 Å². The lowest BCUT2D eigenvalue weighted by Gasteiger charge is -2.18. The summed E-state index contributed by atoms with van der Waals surface area (Å²) in [7, 11) is 0. The van der Waals surface area contributed by atoms with Crippen molar-refractivity contribution < 1.29 is 14.0 Å². The van der Waals surface area contributed by atoms with Gasteiger partial charge in [0.05, 0.1) is 17.7 Å². The van der Waals surface area contributed by atoms with Crippen LogP contribution in [0.3, 0.4) is 0 Å². The summed E-state index contributed by atoms with van der Waals surface area (Å²) in [5.41, 5.74) is 0.443. The summed E-state index contributed by atoms with van der Waals surface area (Å²) >= 11 is 1.49. The van der Waals surface area contributed by atoms with Crippen molar-refractivity contribution in [3.63, 3.8) is 0 Å². The number of hydrogen-bond acceptors (Lipinski definition) is 3. The zero-order chi connectivity index (χ0) is 13.8. The second-order valence-corrected chi connectivity index (χ2v) is 5.34. The highest BCUT2D eigenvalue weighted by atomic mass is 32.2. The average Bonchev–Trinajstić information content (AvgIpc) is 2.75. The van der Waals surface area contributed by atoms with Crippen LogP contribution in [0.15, 0.2) is 24.3 Å². The third-order valence-electron chi connectivity index (χ3n) is 2.91. The van der Waals surface area contributed by atoms with Gasteiger partial charge in [-0.2, -0.15) is 0 Å². The summed E-state index contributed by atoms with van der Waals surface area (Å²) in [6.07, 6.45) is 0. The standard InChI is InChI=1S/C13H15FN2O2S/c1-9(10-4-2-3-5-11(10)14)15-12(17)6-16-8-19-7-13(16)18/h2-5,9H,6-8H2,1H3,(H,15,17)/t9-/m1/s1. The molecule has 4 nitrogen and oxygen atoms in total. The molecule has 1 aliphatic heterocycles. The summed E-state index contributed by atoms with van der Waals surface area (Å²) in [6, 6.07) is 5.91. The Kier molecular flexibility index (Phi) is 4.42. The van der Waals surface area contributed by atoms with Gasteiger partial charge < -0.3 is 10.2 Å². The molecule has 1 N–H and O–H groups in total. The third-order valence-corrected chi connectivity index (χ3v) is 3.85. The predicted octanol–water partition coefficient (Wildman–Crippen LogP) is 1.54. The van der Waals surface area contributed by atoms with E-state index >= 15 is 0 Å². The summed E-state index contributed by atoms with van der Waals surface area (Å²) in [5.74, 6) is 0.324. The maximum absolute atomic E-state index is 13.5. The van der Waals surface area contributed by atoms with E-state index in [1.807, 2.05) is 0 Å². The highest BCUT2D eigenvalue weighted by Crippen LogP contribution is 2.17. The van der Waals surface area contributed by atoms with E-state index < -0.39 is 6.04 Å². The summed E-state index contributed by atoms with van der Waals surface area (Å²) in [5, 5.41) is 2.70. The number of benzene rings is 1. The highest BCUT2D eigenvalue weighted by molar-refractivity contribution is 8.00. The van der Waals surface area contributed by atoms with Crippen LogP contribution in [0.2, 0.25) is 0 Å². The molecule has 2 rings (SSSR count). The first-order chi connectivity index (χ1) is 9.08. The van der Waals surface area contributed by atoms with Gasteiger partial charge in [-0.1, -0.05) is 18.2 Å². The van der Waals surface area contributed by atoms with Crippen molar-refractivity contribution >= 4 is 23.6 Å². The predicted molar refractivity (Wildman–Crippen MR) is 72.0 cm³/mol. The molecule has 1 heterocycles. The molecule has 0 radical (unpaired) electrons. The molecule has 19 heavy (non-hydrogen) atoms. The van der Waals surface area contributed by atoms with Crippen molar-refractivity contribution in [2.75, 3.05) is 18.2 Å². The fourth-order valence-electron chi connectivity index (χ4n) is 1.90. The van der Waals surface area contributed by atoms with E-state index in [0.29, 0.717) is 17.2 Å². The quantitative estimate of drug-likeness (QED) is 0.911. The zero-order valence-corrected chi connectivity index (χ0v) is 11.4. The first-order valence-corrected chi connectivity index (χ1v) is 7.12. The number of halogens is 1. The second-order valence-electron chi connectivity index (χ2n) is 4.38. The maximum atomic E-state index is 13.5. The molecule has 1 aliphatic rings. The van der Waals surface area contributed by atoms with Gasteiger partial charge in [0.15, 0.2) is 0 Å². The molecule has 0 aliphatic carbocycles. The van der Waals surface area contributed by atoms with Crippen molar-refractivity contribution in [1.29, 1.82) is 0 Å². The second kappa shape index (κ2) is 6.06. The molecule has 0 bridgehead atoms. The maximum Gasteiger partial charge on any atom is 0.240 e. The van der Waals surface area contributed by atoms with Crippen LogP contribution in [0, 0.1) is 5.82 Å². The summed E-state index contributed by atoms with van der Waals surface area (Å²) < 4.78 is 13.5. The van der Waals surface area contributed by atoms with Gasteiger partial charge in [0.25, 0.3) is 0 Å². The van der Waals surface area contributed by atoms with Gasteiger partial charge in [-0.25, -0.2) is 4.39 Å². The van der Waals surface area contributed by atoms with Crippen LogP contribution in [0.5, 0.6) is 0 Å². The van der Waals surface area contributed by atoms with Gasteiger partial charge in [-0.05, 0) is 13.0 Å². The minimum Gasteiger partial charge on any atom is -0.348 e. The van der Waals surface area contributed by atoms with E-state index in [1.165, 1.54) is 22.7 Å². The summed E-state index contributed by atoms with van der Waals surface area (Å²) in [6.45, 7) is 1.75. The van der Waals surface area contributed by atoms with Crippen LogP contribution in [0.1, 0.15) is 18.5 Å². The van der Waals surface area contributed by atoms with Crippen LogP contribution in [-0.2, 0) is 9.59 Å². The molecule has 6 heteroatoms. The SMILES string of the molecule is C[C@@H](NC(=O)CN1CSCC1=O)c1ccccc1F. The van der Waals surface area contributed by atoms with E-state index in [1.54, 1.807) is 25.1 Å². The molecule has 0 saturated carbocycles. The molecule has 0 aromatic heterocycles. The molecule has 1 saturated heterocycles. The highest BCUT2D eigenvalue weighted by Gasteiger charge is 2.23. The van der Waals surface area contributed by atoms with Crippen molar-refractivity contribution in [1.82, 2.24) is 10.2 Å². The van der Waals surface area contributed by atoms with Crippen molar-refractivity contribution in [2.45, 2.75) is 13.0 Å². The first-order valence-electron chi connectivity index (χ1n) is 5.97. The van der Waals surface area contributed by atoms with Gasteiger partial charge in [0.1, 0.15) is 12.4 Å². The number of amides is 2. The molecule has 0 unspecified atom stereocenters. The normalized spacial score (nSPS) is 16.5. The number of nitrogens with one attached hydrogen (secondary N) is 1. The number of carbonyl (C=O) groups excluding carboxylic acids is 2. The molecular weight excluding hydrogens is 267 g/mol. The van der Waals surface area contributed by atoms with E-state index in [4.69, 9.17) is 0 Å². The monoisotopic (exact) mass is 282 g/mol. The lowest BCUT2D eigenvalue weighted by atomic mass is 10.1. The largest absolute Gasteiger partial charge is 0.348 e. The Morgan fingerprint density at radius 3 is 2.89 bits per heavy atom. The minimum absolute atomic E-state index is 0.0290. The topological polar surface area (TPSA) is 49.4 Å². The number of thioether (sulfide) groups is 1. The Labute approximate surface area is 115 Å². The van der Waals surface area contributed by atoms with Gasteiger partial charge >= 0.3 is 0 Å². The van der Waals surface area contributed by atoms with Crippen LogP contribution in [0.25, 0.3) is 0 Å². The zero-order valence-electron chi connectivity index (χ0n) is 10.6. The Hall–Kier alpha value is -1.56. The van der Waals surface area contributed by atoms with E-state index in [-0.39, 0.29) is 24.2 Å². The molecule has 1 aromatic carbocycles. The lowest BCUT2D eigenvalue weighted by Crippen LogP contribution is -2.39. The van der Waals surface area contributed by atoms with Gasteiger partial charge in [0, 0.05) is 5.56 Å². The summed E-state index contributed by atoms with van der Waals surface area (Å²) in [4.78, 5) is 24.7. The van der Waals surface area contributed by atoms with Crippen LogP contribution >= 0.6 is 11.8 Å². The Morgan fingerprint density at radius 2 is 2.26 bits per heavy atom. The smallest absolute Gasteiger partial charge is 0.240 e. The number of carbonyl (C=O) groups is 2. The van der Waals surface area contributed by atoms with Crippen molar-refractivity contribution in [2.24, 2.45) is 0 Å². The molecule has 0 spiro atoms. The lowest BCUT2D eigenvalue weighted by molar-refractivity contribution is -0.132. The average molecular weight is 282 g/mol. The molecular formula is C13H15FN2O2S. The van der Waals surface area contributed by atoms with Gasteiger partial charge in [-0.15, -0.1) is 11.8 Å². The molecule has 102 valence electrons. The van der Waals surface area contributed by atoms with Crippen molar-refractivity contribution in [3.05, 3.63) is 35.6 Å². The van der Waals surface area contributed by atoms with Gasteiger partial charge in [0.2, 0.25) is 11.8 Å². The Morgan fingerprint density at radius 1 is 1.53 bits per heavy atom. The molecule has 1 fully saturated rings. The number of hydrogen-bond donors (Lipinski definition) is 1. The van der Waals surface area contributed by atoms with Crippen LogP contribution in [-0.4, -0.2) is 34.9 Å². The van der Waals surface area contributed by atoms with E-state index in [9.17, 15) is 14.0 Å². The third kappa shape index (κ3) is 3.47. The van der Waals surface area contributed by atoms with Crippen LogP contribution in [0.4, 0.5) is 4.39 Å². The van der Waals surface area contributed by atoms with E-state index in [2.05, 4.69) is 5.32 Å². The first kappa shape index (κ1) is 13.9. The van der Waals surface area contributed by atoms with Crippen molar-refractivity contribution in [3.8, 4) is 0 Å². The minimum atomic E-state index is -0.418.